The van der Waals surface area contributed by atoms with Crippen molar-refractivity contribution in [3.8, 4) is 6.01 Å². The first kappa shape index (κ1) is 9.18. The zero-order valence-electron chi connectivity index (χ0n) is 8.47. The Morgan fingerprint density at radius 3 is 3.00 bits per heavy atom. The first-order chi connectivity index (χ1) is 6.81. The molecular formula is C9H14N4O. The molecule has 5 nitrogen and oxygen atoms in total. The molecule has 1 aliphatic heterocycles. The number of anilines is 1. The molecule has 0 bridgehead atoms. The van der Waals surface area contributed by atoms with Crippen LogP contribution in [-0.4, -0.2) is 34.6 Å². The molecular weight excluding hydrogens is 180 g/mol. The monoisotopic (exact) mass is 194 g/mol. The minimum Gasteiger partial charge on any atom is -0.467 e. The largest absolute Gasteiger partial charge is 0.467 e. The Bertz CT molecular complexity index is 317. The third-order valence-corrected chi connectivity index (χ3v) is 2.53. The van der Waals surface area contributed by atoms with Crippen molar-refractivity contribution in [2.75, 3.05) is 18.6 Å². The van der Waals surface area contributed by atoms with Gasteiger partial charge in [0.1, 0.15) is 6.33 Å². The van der Waals surface area contributed by atoms with E-state index in [1.165, 1.54) is 19.2 Å². The minimum atomic E-state index is 0.383. The maximum atomic E-state index is 4.96. The molecule has 0 amide bonds. The topological polar surface area (TPSA) is 51.1 Å². The summed E-state index contributed by atoms with van der Waals surface area (Å²) in [5, 5.41) is 0. The second-order valence-corrected chi connectivity index (χ2v) is 3.46. The van der Waals surface area contributed by atoms with Gasteiger partial charge in [0.25, 0.3) is 0 Å². The number of ether oxygens (including phenoxy) is 1. The Labute approximate surface area is 83.1 Å². The van der Waals surface area contributed by atoms with Crippen LogP contribution < -0.4 is 9.64 Å². The van der Waals surface area contributed by atoms with Crippen molar-refractivity contribution in [3.63, 3.8) is 0 Å². The second kappa shape index (κ2) is 3.77. The lowest BCUT2D eigenvalue weighted by Crippen LogP contribution is -2.28. The van der Waals surface area contributed by atoms with Gasteiger partial charge in [0, 0.05) is 12.6 Å². The zero-order valence-corrected chi connectivity index (χ0v) is 8.47. The van der Waals surface area contributed by atoms with Crippen molar-refractivity contribution in [1.29, 1.82) is 0 Å². The van der Waals surface area contributed by atoms with Crippen molar-refractivity contribution in [2.45, 2.75) is 25.8 Å². The summed E-state index contributed by atoms with van der Waals surface area (Å²) in [6, 6.07) is 0.899. The number of methoxy groups -OCH3 is 1. The summed E-state index contributed by atoms with van der Waals surface area (Å²) in [4.78, 5) is 14.4. The smallest absolute Gasteiger partial charge is 0.320 e. The molecule has 1 aliphatic rings. The molecule has 1 unspecified atom stereocenters. The molecule has 1 atom stereocenters. The number of nitrogens with zero attached hydrogens (tertiary/aromatic N) is 4. The lowest BCUT2D eigenvalue weighted by atomic mass is 10.2. The van der Waals surface area contributed by atoms with Gasteiger partial charge in [-0.25, -0.2) is 4.98 Å². The second-order valence-electron chi connectivity index (χ2n) is 3.46. The fraction of sp³-hybridized carbons (Fsp3) is 0.667. The quantitative estimate of drug-likeness (QED) is 0.699. The maximum absolute atomic E-state index is 4.96. The summed E-state index contributed by atoms with van der Waals surface area (Å²) in [5.74, 6) is 0.724. The molecule has 5 heteroatoms. The molecule has 76 valence electrons. The van der Waals surface area contributed by atoms with Gasteiger partial charge >= 0.3 is 6.01 Å². The van der Waals surface area contributed by atoms with E-state index in [1.807, 2.05) is 0 Å². The van der Waals surface area contributed by atoms with Crippen LogP contribution >= 0.6 is 0 Å². The summed E-state index contributed by atoms with van der Waals surface area (Å²) in [6.07, 6.45) is 3.90. The van der Waals surface area contributed by atoms with Gasteiger partial charge in [0.05, 0.1) is 7.11 Å². The maximum Gasteiger partial charge on any atom is 0.320 e. The summed E-state index contributed by atoms with van der Waals surface area (Å²) < 4.78 is 4.96. The van der Waals surface area contributed by atoms with Crippen LogP contribution in [0.5, 0.6) is 6.01 Å². The van der Waals surface area contributed by atoms with Crippen LogP contribution in [0.3, 0.4) is 0 Å². The first-order valence-electron chi connectivity index (χ1n) is 4.81. The molecule has 2 heterocycles. The van der Waals surface area contributed by atoms with E-state index in [0.29, 0.717) is 12.1 Å². The SMILES string of the molecule is COc1ncnc(N2CCCC2C)n1. The summed E-state index contributed by atoms with van der Waals surface area (Å²) in [6.45, 7) is 3.21. The van der Waals surface area contributed by atoms with Crippen LogP contribution in [0.15, 0.2) is 6.33 Å². The van der Waals surface area contributed by atoms with E-state index in [9.17, 15) is 0 Å². The summed E-state index contributed by atoms with van der Waals surface area (Å²) in [7, 11) is 1.56. The standard InChI is InChI=1S/C9H14N4O/c1-7-4-3-5-13(7)8-10-6-11-9(12-8)14-2/h6-7H,3-5H2,1-2H3. The van der Waals surface area contributed by atoms with E-state index < -0.39 is 0 Å². The average Bonchev–Trinajstić information content (AvgIpc) is 2.65. The third kappa shape index (κ3) is 1.62. The fourth-order valence-electron chi connectivity index (χ4n) is 1.74. The van der Waals surface area contributed by atoms with Gasteiger partial charge in [0.2, 0.25) is 5.95 Å². The Morgan fingerprint density at radius 1 is 1.50 bits per heavy atom. The average molecular weight is 194 g/mol. The highest BCUT2D eigenvalue weighted by Crippen LogP contribution is 2.21. The van der Waals surface area contributed by atoms with Gasteiger partial charge in [-0.05, 0) is 19.8 Å². The highest BCUT2D eigenvalue weighted by atomic mass is 16.5. The van der Waals surface area contributed by atoms with Crippen LogP contribution in [0.2, 0.25) is 0 Å². The number of hydrogen-bond donors (Lipinski definition) is 0. The van der Waals surface area contributed by atoms with Gasteiger partial charge in [-0.1, -0.05) is 0 Å². The normalized spacial score (nSPS) is 21.3. The molecule has 1 aromatic heterocycles. The van der Waals surface area contributed by atoms with Crippen LogP contribution in [0.1, 0.15) is 19.8 Å². The number of rotatable bonds is 2. The molecule has 0 spiro atoms. The number of hydrogen-bond acceptors (Lipinski definition) is 5. The lowest BCUT2D eigenvalue weighted by molar-refractivity contribution is 0.377. The predicted octanol–water partition coefficient (Wildman–Crippen LogP) is 0.869. The molecule has 0 aliphatic carbocycles. The third-order valence-electron chi connectivity index (χ3n) is 2.53. The molecule has 14 heavy (non-hydrogen) atoms. The lowest BCUT2D eigenvalue weighted by Gasteiger charge is -2.20. The fourth-order valence-corrected chi connectivity index (χ4v) is 1.74. The van der Waals surface area contributed by atoms with E-state index in [1.54, 1.807) is 7.11 Å². The van der Waals surface area contributed by atoms with Crippen LogP contribution in [-0.2, 0) is 0 Å². The van der Waals surface area contributed by atoms with E-state index >= 15 is 0 Å². The van der Waals surface area contributed by atoms with Gasteiger partial charge in [0.15, 0.2) is 0 Å². The molecule has 0 N–H and O–H groups in total. The molecule has 0 radical (unpaired) electrons. The zero-order chi connectivity index (χ0) is 9.97. The van der Waals surface area contributed by atoms with Crippen molar-refractivity contribution in [3.05, 3.63) is 6.33 Å². The van der Waals surface area contributed by atoms with E-state index in [2.05, 4.69) is 26.8 Å². The van der Waals surface area contributed by atoms with Gasteiger partial charge < -0.3 is 9.64 Å². The summed E-state index contributed by atoms with van der Waals surface area (Å²) >= 11 is 0. The van der Waals surface area contributed by atoms with Gasteiger partial charge in [-0.2, -0.15) is 9.97 Å². The van der Waals surface area contributed by atoms with E-state index in [0.717, 1.165) is 12.5 Å². The van der Waals surface area contributed by atoms with E-state index in [4.69, 9.17) is 4.74 Å². The molecule has 2 rings (SSSR count). The molecule has 0 saturated carbocycles. The highest BCUT2D eigenvalue weighted by Gasteiger charge is 2.22. The van der Waals surface area contributed by atoms with Crippen molar-refractivity contribution in [2.24, 2.45) is 0 Å². The van der Waals surface area contributed by atoms with Crippen LogP contribution in [0.4, 0.5) is 5.95 Å². The van der Waals surface area contributed by atoms with Gasteiger partial charge in [-0.15, -0.1) is 0 Å². The molecule has 1 saturated heterocycles. The van der Waals surface area contributed by atoms with Crippen molar-refractivity contribution in [1.82, 2.24) is 15.0 Å². The first-order valence-corrected chi connectivity index (χ1v) is 4.81. The Balaban J connectivity index is 2.22. The summed E-state index contributed by atoms with van der Waals surface area (Å²) in [5.41, 5.74) is 0. The minimum absolute atomic E-state index is 0.383. The van der Waals surface area contributed by atoms with Gasteiger partial charge in [-0.3, -0.25) is 0 Å². The predicted molar refractivity (Wildman–Crippen MR) is 52.4 cm³/mol. The highest BCUT2D eigenvalue weighted by molar-refractivity contribution is 5.32. The van der Waals surface area contributed by atoms with Crippen molar-refractivity contribution >= 4 is 5.95 Å². The Hall–Kier alpha value is -1.39. The molecule has 1 fully saturated rings. The molecule has 1 aromatic rings. The van der Waals surface area contributed by atoms with Crippen LogP contribution in [0.25, 0.3) is 0 Å². The Morgan fingerprint density at radius 2 is 2.36 bits per heavy atom. The Kier molecular flexibility index (Phi) is 2.47. The van der Waals surface area contributed by atoms with Crippen LogP contribution in [0, 0.1) is 0 Å². The van der Waals surface area contributed by atoms with E-state index in [-0.39, 0.29) is 0 Å². The molecule has 0 aromatic carbocycles. The van der Waals surface area contributed by atoms with Crippen molar-refractivity contribution < 1.29 is 4.74 Å². The number of aromatic nitrogens is 3.